The highest BCUT2D eigenvalue weighted by Gasteiger charge is 2.04. The maximum Gasteiger partial charge on any atom is 0.119 e. The Hall–Kier alpha value is -2.16. The third kappa shape index (κ3) is 5.15. The van der Waals surface area contributed by atoms with Crippen molar-refractivity contribution in [2.75, 3.05) is 11.9 Å². The van der Waals surface area contributed by atoms with Gasteiger partial charge >= 0.3 is 0 Å². The van der Waals surface area contributed by atoms with Crippen molar-refractivity contribution in [3.05, 3.63) is 94.0 Å². The molecule has 25 heavy (non-hydrogen) atoms. The topological polar surface area (TPSA) is 21.3 Å². The molecule has 0 heterocycles. The number of hydrogen-bond donors (Lipinski definition) is 1. The van der Waals surface area contributed by atoms with Crippen molar-refractivity contribution in [1.29, 1.82) is 0 Å². The molecule has 0 saturated carbocycles. The van der Waals surface area contributed by atoms with Crippen LogP contribution in [0, 0.1) is 0 Å². The molecule has 1 N–H and O–H groups in total. The van der Waals surface area contributed by atoms with Gasteiger partial charge in [-0.1, -0.05) is 71.7 Å². The van der Waals surface area contributed by atoms with Crippen LogP contribution >= 0.6 is 23.2 Å². The Balaban J connectivity index is 1.55. The molecule has 0 aliphatic heterocycles. The summed E-state index contributed by atoms with van der Waals surface area (Å²) in [7, 11) is 0. The van der Waals surface area contributed by atoms with Crippen LogP contribution in [0.1, 0.15) is 11.1 Å². The molecule has 0 radical (unpaired) electrons. The van der Waals surface area contributed by atoms with E-state index < -0.39 is 0 Å². The SMILES string of the molecule is Clc1cccc(NCc2cccc(OCCc3ccccc3)c2)c1Cl. The molecule has 0 fully saturated rings. The molecule has 0 saturated heterocycles. The van der Waals surface area contributed by atoms with Gasteiger partial charge in [-0.15, -0.1) is 0 Å². The van der Waals surface area contributed by atoms with Gasteiger partial charge in [-0.05, 0) is 35.4 Å². The molecule has 2 nitrogen and oxygen atoms in total. The third-order valence-electron chi connectivity index (χ3n) is 3.84. The van der Waals surface area contributed by atoms with E-state index in [0.29, 0.717) is 23.2 Å². The van der Waals surface area contributed by atoms with Crippen LogP contribution in [0.4, 0.5) is 5.69 Å². The quantitative estimate of drug-likeness (QED) is 0.531. The Labute approximate surface area is 158 Å². The number of ether oxygens (including phenoxy) is 1. The Kier molecular flexibility index (Phi) is 6.21. The average Bonchev–Trinajstić information content (AvgIpc) is 2.64. The summed E-state index contributed by atoms with van der Waals surface area (Å²) >= 11 is 12.2. The van der Waals surface area contributed by atoms with Gasteiger partial charge in [-0.3, -0.25) is 0 Å². The lowest BCUT2D eigenvalue weighted by Crippen LogP contribution is -2.03. The summed E-state index contributed by atoms with van der Waals surface area (Å²) in [5.41, 5.74) is 3.22. The van der Waals surface area contributed by atoms with Crippen molar-refractivity contribution >= 4 is 28.9 Å². The lowest BCUT2D eigenvalue weighted by Gasteiger charge is -2.11. The summed E-state index contributed by atoms with van der Waals surface area (Å²) in [5.74, 6) is 0.868. The molecule has 0 bridgehead atoms. The zero-order chi connectivity index (χ0) is 17.5. The number of rotatable bonds is 7. The first kappa shape index (κ1) is 17.7. The highest BCUT2D eigenvalue weighted by Crippen LogP contribution is 2.30. The van der Waals surface area contributed by atoms with Crippen LogP contribution < -0.4 is 10.1 Å². The second-order valence-corrected chi connectivity index (χ2v) is 6.47. The number of benzene rings is 3. The maximum atomic E-state index is 6.20. The highest BCUT2D eigenvalue weighted by molar-refractivity contribution is 6.43. The van der Waals surface area contributed by atoms with E-state index >= 15 is 0 Å². The largest absolute Gasteiger partial charge is 0.493 e. The lowest BCUT2D eigenvalue weighted by molar-refractivity contribution is 0.321. The Morgan fingerprint density at radius 1 is 0.800 bits per heavy atom. The summed E-state index contributed by atoms with van der Waals surface area (Å²) in [4.78, 5) is 0. The van der Waals surface area contributed by atoms with E-state index in [9.17, 15) is 0 Å². The normalized spacial score (nSPS) is 10.5. The van der Waals surface area contributed by atoms with Crippen LogP contribution in [0.15, 0.2) is 72.8 Å². The number of halogens is 2. The Morgan fingerprint density at radius 3 is 2.40 bits per heavy atom. The second-order valence-electron chi connectivity index (χ2n) is 5.69. The molecule has 0 amide bonds. The number of anilines is 1. The van der Waals surface area contributed by atoms with Crippen LogP contribution in [-0.4, -0.2) is 6.61 Å². The van der Waals surface area contributed by atoms with Crippen molar-refractivity contribution in [2.24, 2.45) is 0 Å². The van der Waals surface area contributed by atoms with E-state index in [2.05, 4.69) is 23.5 Å². The molecule has 3 aromatic carbocycles. The minimum absolute atomic E-state index is 0.541. The molecule has 0 aliphatic carbocycles. The van der Waals surface area contributed by atoms with Gasteiger partial charge in [0.05, 0.1) is 22.3 Å². The van der Waals surface area contributed by atoms with Gasteiger partial charge in [-0.2, -0.15) is 0 Å². The van der Waals surface area contributed by atoms with Gasteiger partial charge in [-0.25, -0.2) is 0 Å². The Bertz CT molecular complexity index is 821. The molecular formula is C21H19Cl2NO. The smallest absolute Gasteiger partial charge is 0.119 e. The first-order chi connectivity index (χ1) is 12.2. The van der Waals surface area contributed by atoms with Crippen LogP contribution in [0.3, 0.4) is 0 Å². The fourth-order valence-electron chi connectivity index (χ4n) is 2.51. The lowest BCUT2D eigenvalue weighted by atomic mass is 10.2. The molecule has 3 aromatic rings. The minimum Gasteiger partial charge on any atom is -0.493 e. The fraction of sp³-hybridized carbons (Fsp3) is 0.143. The minimum atomic E-state index is 0.541. The van der Waals surface area contributed by atoms with Gasteiger partial charge in [0.25, 0.3) is 0 Å². The summed E-state index contributed by atoms with van der Waals surface area (Å²) in [6.45, 7) is 1.30. The zero-order valence-corrected chi connectivity index (χ0v) is 15.2. The standard InChI is InChI=1S/C21H19Cl2NO/c22-19-10-5-11-20(21(19)23)24-15-17-8-4-9-18(14-17)25-13-12-16-6-2-1-3-7-16/h1-11,14,24H,12-13,15H2. The van der Waals surface area contributed by atoms with Crippen LogP contribution in [0.25, 0.3) is 0 Å². The van der Waals surface area contributed by atoms with Crippen LogP contribution in [-0.2, 0) is 13.0 Å². The third-order valence-corrected chi connectivity index (χ3v) is 4.65. The van der Waals surface area contributed by atoms with E-state index in [1.165, 1.54) is 5.56 Å². The van der Waals surface area contributed by atoms with Crippen molar-refractivity contribution in [1.82, 2.24) is 0 Å². The molecule has 0 aliphatic rings. The predicted molar refractivity (Wildman–Crippen MR) is 106 cm³/mol. The van der Waals surface area contributed by atoms with Crippen molar-refractivity contribution in [3.8, 4) is 5.75 Å². The molecular weight excluding hydrogens is 353 g/mol. The van der Waals surface area contributed by atoms with Crippen LogP contribution in [0.5, 0.6) is 5.75 Å². The molecule has 0 unspecified atom stereocenters. The highest BCUT2D eigenvalue weighted by atomic mass is 35.5. The monoisotopic (exact) mass is 371 g/mol. The van der Waals surface area contributed by atoms with E-state index in [0.717, 1.165) is 23.4 Å². The van der Waals surface area contributed by atoms with Gasteiger partial charge < -0.3 is 10.1 Å². The molecule has 4 heteroatoms. The van der Waals surface area contributed by atoms with Crippen LogP contribution in [0.2, 0.25) is 10.0 Å². The van der Waals surface area contributed by atoms with Gasteiger partial charge in [0.2, 0.25) is 0 Å². The van der Waals surface area contributed by atoms with Crippen molar-refractivity contribution in [2.45, 2.75) is 13.0 Å². The fourth-order valence-corrected chi connectivity index (χ4v) is 2.88. The van der Waals surface area contributed by atoms with E-state index in [-0.39, 0.29) is 0 Å². The maximum absolute atomic E-state index is 6.20. The molecule has 0 aromatic heterocycles. The van der Waals surface area contributed by atoms with E-state index in [4.69, 9.17) is 27.9 Å². The summed E-state index contributed by atoms with van der Waals surface area (Å²) in [6.07, 6.45) is 0.890. The van der Waals surface area contributed by atoms with Gasteiger partial charge in [0.15, 0.2) is 0 Å². The number of nitrogens with one attached hydrogen (secondary N) is 1. The second kappa shape index (κ2) is 8.80. The van der Waals surface area contributed by atoms with E-state index in [1.807, 2.05) is 48.5 Å². The van der Waals surface area contributed by atoms with Gasteiger partial charge in [0, 0.05) is 13.0 Å². The van der Waals surface area contributed by atoms with Crippen molar-refractivity contribution < 1.29 is 4.74 Å². The summed E-state index contributed by atoms with van der Waals surface area (Å²) in [5, 5.41) is 4.39. The van der Waals surface area contributed by atoms with Crippen molar-refractivity contribution in [3.63, 3.8) is 0 Å². The molecule has 0 spiro atoms. The summed E-state index contributed by atoms with van der Waals surface area (Å²) < 4.78 is 5.87. The van der Waals surface area contributed by atoms with E-state index in [1.54, 1.807) is 6.07 Å². The first-order valence-corrected chi connectivity index (χ1v) is 8.91. The van der Waals surface area contributed by atoms with Gasteiger partial charge in [0.1, 0.15) is 5.75 Å². The predicted octanol–water partition coefficient (Wildman–Crippen LogP) is 6.23. The summed E-state index contributed by atoms with van der Waals surface area (Å²) in [6, 6.07) is 23.9. The molecule has 3 rings (SSSR count). The Morgan fingerprint density at radius 2 is 1.56 bits per heavy atom. The first-order valence-electron chi connectivity index (χ1n) is 8.16. The molecule has 0 atom stereocenters. The average molecular weight is 372 g/mol. The number of hydrogen-bond acceptors (Lipinski definition) is 2. The zero-order valence-electron chi connectivity index (χ0n) is 13.7. The molecule has 128 valence electrons.